The van der Waals surface area contributed by atoms with E-state index in [-0.39, 0.29) is 24.0 Å². The van der Waals surface area contributed by atoms with Gasteiger partial charge in [0.25, 0.3) is 0 Å². The van der Waals surface area contributed by atoms with Crippen molar-refractivity contribution in [2.45, 2.75) is 91.9 Å². The van der Waals surface area contributed by atoms with Crippen molar-refractivity contribution < 1.29 is 33.2 Å². The van der Waals surface area contributed by atoms with E-state index in [9.17, 15) is 0 Å². The van der Waals surface area contributed by atoms with E-state index in [1.54, 1.807) is 0 Å². The van der Waals surface area contributed by atoms with Crippen LogP contribution in [0.3, 0.4) is 0 Å². The Bertz CT molecular complexity index is 737. The number of quaternary nitrogens is 1. The van der Waals surface area contributed by atoms with Gasteiger partial charge in [0, 0.05) is 24.4 Å². The standard InChI is InChI=1S/C29H48N3O.HI/c1-5-9-10-11-12-13-14-15-17-26-24-30-29(31-25-26)27-18-20-28(21-19-27)33-23-16-22-32(6-2,7-3)8-4;/h18-21,24-25H,5-17,22-23H2,1-4H3;1H/q+1;/p-1. The first-order valence-electron chi connectivity index (χ1n) is 13.6. The van der Waals surface area contributed by atoms with E-state index in [0.717, 1.165) is 36.6 Å². The van der Waals surface area contributed by atoms with Crippen LogP contribution >= 0.6 is 0 Å². The summed E-state index contributed by atoms with van der Waals surface area (Å²) in [5, 5.41) is 0. The highest BCUT2D eigenvalue weighted by molar-refractivity contribution is 5.55. The molecule has 1 aromatic heterocycles. The number of benzene rings is 1. The highest BCUT2D eigenvalue weighted by atomic mass is 127. The van der Waals surface area contributed by atoms with Crippen LogP contribution in [0.4, 0.5) is 0 Å². The second-order valence-electron chi connectivity index (χ2n) is 9.38. The van der Waals surface area contributed by atoms with Crippen molar-refractivity contribution in [2.75, 3.05) is 32.8 Å². The van der Waals surface area contributed by atoms with Crippen LogP contribution in [0.25, 0.3) is 11.4 Å². The van der Waals surface area contributed by atoms with E-state index in [2.05, 4.69) is 49.8 Å². The molecule has 0 N–H and O–H groups in total. The summed E-state index contributed by atoms with van der Waals surface area (Å²) in [6.45, 7) is 14.7. The van der Waals surface area contributed by atoms with Gasteiger partial charge < -0.3 is 33.2 Å². The van der Waals surface area contributed by atoms with E-state index in [1.807, 2.05) is 24.5 Å². The molecule has 34 heavy (non-hydrogen) atoms. The summed E-state index contributed by atoms with van der Waals surface area (Å²) >= 11 is 0. The highest BCUT2D eigenvalue weighted by Crippen LogP contribution is 2.20. The Labute approximate surface area is 226 Å². The van der Waals surface area contributed by atoms with Crippen LogP contribution in [-0.2, 0) is 6.42 Å². The quantitative estimate of drug-likeness (QED) is 0.148. The minimum Gasteiger partial charge on any atom is -1.00 e. The molecule has 4 nitrogen and oxygen atoms in total. The van der Waals surface area contributed by atoms with Crippen LogP contribution < -0.4 is 28.7 Å². The zero-order chi connectivity index (χ0) is 23.8. The first-order chi connectivity index (χ1) is 16.2. The smallest absolute Gasteiger partial charge is 0.159 e. The summed E-state index contributed by atoms with van der Waals surface area (Å²) in [6.07, 6.45) is 16.9. The molecule has 192 valence electrons. The molecule has 0 saturated heterocycles. The Morgan fingerprint density at radius 1 is 0.706 bits per heavy atom. The molecule has 0 amide bonds. The van der Waals surface area contributed by atoms with Crippen molar-refractivity contribution in [3.8, 4) is 17.1 Å². The number of rotatable bonds is 18. The molecule has 1 aromatic carbocycles. The van der Waals surface area contributed by atoms with Crippen molar-refractivity contribution in [1.29, 1.82) is 0 Å². The van der Waals surface area contributed by atoms with Crippen molar-refractivity contribution in [3.63, 3.8) is 0 Å². The Hall–Kier alpha value is -1.21. The molecular formula is C29H48IN3O. The highest BCUT2D eigenvalue weighted by Gasteiger charge is 2.19. The summed E-state index contributed by atoms with van der Waals surface area (Å²) in [4.78, 5) is 9.21. The molecule has 0 spiro atoms. The lowest BCUT2D eigenvalue weighted by Gasteiger charge is -2.35. The molecule has 0 aliphatic heterocycles. The van der Waals surface area contributed by atoms with Gasteiger partial charge in [0.2, 0.25) is 0 Å². The maximum Gasteiger partial charge on any atom is 0.159 e. The van der Waals surface area contributed by atoms with Crippen LogP contribution in [0.1, 0.15) is 91.0 Å². The van der Waals surface area contributed by atoms with Gasteiger partial charge in [0.1, 0.15) is 5.75 Å². The van der Waals surface area contributed by atoms with E-state index in [4.69, 9.17) is 4.74 Å². The average Bonchev–Trinajstić information content (AvgIpc) is 2.87. The lowest BCUT2D eigenvalue weighted by atomic mass is 10.1. The van der Waals surface area contributed by atoms with Gasteiger partial charge in [-0.25, -0.2) is 9.97 Å². The predicted molar refractivity (Wildman–Crippen MR) is 141 cm³/mol. The topological polar surface area (TPSA) is 35.0 Å². The number of aryl methyl sites for hydroxylation is 1. The van der Waals surface area contributed by atoms with Crippen LogP contribution in [-0.4, -0.2) is 47.2 Å². The summed E-state index contributed by atoms with van der Waals surface area (Å²) < 4.78 is 7.16. The first kappa shape index (κ1) is 30.8. The normalized spacial score (nSPS) is 11.3. The van der Waals surface area contributed by atoms with Gasteiger partial charge >= 0.3 is 0 Å². The fraction of sp³-hybridized carbons (Fsp3) is 0.655. The maximum absolute atomic E-state index is 5.99. The molecular weight excluding hydrogens is 533 g/mol. The minimum absolute atomic E-state index is 0. The molecule has 1 heterocycles. The van der Waals surface area contributed by atoms with E-state index >= 15 is 0 Å². The van der Waals surface area contributed by atoms with Crippen LogP contribution in [0, 0.1) is 0 Å². The third-order valence-electron chi connectivity index (χ3n) is 7.19. The molecule has 0 unspecified atom stereocenters. The minimum atomic E-state index is 0. The van der Waals surface area contributed by atoms with Gasteiger partial charge in [-0.2, -0.15) is 0 Å². The van der Waals surface area contributed by atoms with Gasteiger partial charge in [-0.15, -0.1) is 0 Å². The number of halogens is 1. The molecule has 0 fully saturated rings. The Kier molecular flexibility index (Phi) is 16.4. The molecule has 0 bridgehead atoms. The summed E-state index contributed by atoms with van der Waals surface area (Å²) in [7, 11) is 0. The number of hydrogen-bond donors (Lipinski definition) is 0. The molecule has 2 aromatic rings. The maximum atomic E-state index is 5.99. The average molecular weight is 582 g/mol. The van der Waals surface area contributed by atoms with Crippen molar-refractivity contribution in [2.24, 2.45) is 0 Å². The zero-order valence-corrected chi connectivity index (χ0v) is 24.4. The first-order valence-corrected chi connectivity index (χ1v) is 13.6. The number of unbranched alkanes of at least 4 members (excludes halogenated alkanes) is 7. The predicted octanol–water partition coefficient (Wildman–Crippen LogP) is 4.48. The summed E-state index contributed by atoms with van der Waals surface area (Å²) in [5.41, 5.74) is 2.28. The van der Waals surface area contributed by atoms with E-state index in [1.165, 1.54) is 87.6 Å². The summed E-state index contributed by atoms with van der Waals surface area (Å²) in [6, 6.07) is 8.20. The molecule has 5 heteroatoms. The van der Waals surface area contributed by atoms with Gasteiger partial charge in [-0.3, -0.25) is 0 Å². The second kappa shape index (κ2) is 18.1. The Balaban J connectivity index is 0.00000578. The van der Waals surface area contributed by atoms with E-state index in [0.29, 0.717) is 0 Å². The SMILES string of the molecule is CCCCCCCCCCc1cnc(-c2ccc(OCCC[N+](CC)(CC)CC)cc2)nc1.[I-]. The Morgan fingerprint density at radius 3 is 1.82 bits per heavy atom. The van der Waals surface area contributed by atoms with Crippen LogP contribution in [0.2, 0.25) is 0 Å². The molecule has 0 aliphatic carbocycles. The van der Waals surface area contributed by atoms with Gasteiger partial charge in [0.05, 0.1) is 32.8 Å². The Morgan fingerprint density at radius 2 is 1.26 bits per heavy atom. The van der Waals surface area contributed by atoms with Crippen molar-refractivity contribution in [1.82, 2.24) is 9.97 Å². The lowest BCUT2D eigenvalue weighted by Crippen LogP contribution is -3.00. The number of hydrogen-bond acceptors (Lipinski definition) is 3. The lowest BCUT2D eigenvalue weighted by molar-refractivity contribution is -0.923. The number of ether oxygens (including phenoxy) is 1. The van der Waals surface area contributed by atoms with Crippen molar-refractivity contribution >= 4 is 0 Å². The molecule has 0 atom stereocenters. The fourth-order valence-electron chi connectivity index (χ4n) is 4.53. The summed E-state index contributed by atoms with van der Waals surface area (Å²) in [5.74, 6) is 1.71. The molecule has 2 rings (SSSR count). The van der Waals surface area contributed by atoms with Crippen LogP contribution in [0.15, 0.2) is 36.7 Å². The number of nitrogens with zero attached hydrogens (tertiary/aromatic N) is 3. The zero-order valence-electron chi connectivity index (χ0n) is 22.2. The second-order valence-corrected chi connectivity index (χ2v) is 9.38. The third-order valence-corrected chi connectivity index (χ3v) is 7.19. The molecule has 0 radical (unpaired) electrons. The van der Waals surface area contributed by atoms with Gasteiger partial charge in [-0.1, -0.05) is 51.9 Å². The number of aromatic nitrogens is 2. The van der Waals surface area contributed by atoms with Gasteiger partial charge in [0.15, 0.2) is 5.82 Å². The third kappa shape index (κ3) is 11.0. The van der Waals surface area contributed by atoms with Gasteiger partial charge in [-0.05, 0) is 63.4 Å². The van der Waals surface area contributed by atoms with Crippen molar-refractivity contribution in [3.05, 3.63) is 42.2 Å². The van der Waals surface area contributed by atoms with Crippen LogP contribution in [0.5, 0.6) is 5.75 Å². The molecule has 0 saturated carbocycles. The van der Waals surface area contributed by atoms with E-state index < -0.39 is 0 Å². The monoisotopic (exact) mass is 581 g/mol. The fourth-order valence-corrected chi connectivity index (χ4v) is 4.53. The molecule has 0 aliphatic rings. The largest absolute Gasteiger partial charge is 1.00 e.